The highest BCUT2D eigenvalue weighted by atomic mass is 16.3. The Balaban J connectivity index is 2.85. The van der Waals surface area contributed by atoms with Crippen molar-refractivity contribution >= 4 is 11.6 Å². The molecule has 0 bridgehead atoms. The predicted octanol–water partition coefficient (Wildman–Crippen LogP) is 1.02. The Hall–Kier alpha value is -1.40. The van der Waals surface area contributed by atoms with E-state index in [2.05, 4.69) is 34.4 Å². The van der Waals surface area contributed by atoms with E-state index >= 15 is 0 Å². The van der Waals surface area contributed by atoms with Crippen LogP contribution in [-0.2, 0) is 6.42 Å². The molecule has 0 atom stereocenters. The van der Waals surface area contributed by atoms with Crippen LogP contribution in [0.5, 0.6) is 0 Å². The number of anilines is 2. The largest absolute Gasteiger partial charge is 0.394 e. The Morgan fingerprint density at radius 2 is 1.79 bits per heavy atom. The number of hydrogen-bond acceptors (Lipinski definition) is 6. The monoisotopic (exact) mass is 268 g/mol. The summed E-state index contributed by atoms with van der Waals surface area (Å²) in [6.45, 7) is 4.74. The molecule has 19 heavy (non-hydrogen) atoms. The van der Waals surface area contributed by atoms with Crippen molar-refractivity contribution in [3.8, 4) is 0 Å². The number of aliphatic hydroxyl groups excluding tert-OH is 2. The third-order valence-corrected chi connectivity index (χ3v) is 2.59. The highest BCUT2D eigenvalue weighted by Gasteiger charge is 2.09. The summed E-state index contributed by atoms with van der Waals surface area (Å²) in [6.07, 6.45) is 2.80. The fourth-order valence-electron chi connectivity index (χ4n) is 1.61. The van der Waals surface area contributed by atoms with Gasteiger partial charge in [0.05, 0.1) is 19.3 Å². The second-order valence-corrected chi connectivity index (χ2v) is 4.44. The van der Waals surface area contributed by atoms with Crippen molar-refractivity contribution in [3.63, 3.8) is 0 Å². The van der Waals surface area contributed by atoms with Crippen LogP contribution in [0.1, 0.15) is 32.5 Å². The molecule has 0 aliphatic carbocycles. The van der Waals surface area contributed by atoms with Crippen LogP contribution < -0.4 is 10.6 Å². The molecule has 1 heterocycles. The molecule has 0 aliphatic heterocycles. The van der Waals surface area contributed by atoms with E-state index in [0.717, 1.165) is 37.4 Å². The summed E-state index contributed by atoms with van der Waals surface area (Å²) < 4.78 is 0. The summed E-state index contributed by atoms with van der Waals surface area (Å²) in [5, 5.41) is 24.4. The van der Waals surface area contributed by atoms with Gasteiger partial charge in [0, 0.05) is 19.0 Å². The maximum Gasteiger partial charge on any atom is 0.133 e. The molecule has 108 valence electrons. The van der Waals surface area contributed by atoms with Gasteiger partial charge in [-0.25, -0.2) is 9.97 Å². The molecule has 0 radical (unpaired) electrons. The minimum absolute atomic E-state index is 0.138. The zero-order valence-corrected chi connectivity index (χ0v) is 11.7. The number of hydrogen-bond donors (Lipinski definition) is 4. The molecule has 6 heteroatoms. The third kappa shape index (κ3) is 5.40. The molecule has 0 spiro atoms. The van der Waals surface area contributed by atoms with Gasteiger partial charge >= 0.3 is 0 Å². The summed E-state index contributed by atoms with van der Waals surface area (Å²) in [5.74, 6) is 2.17. The van der Waals surface area contributed by atoms with Crippen molar-refractivity contribution in [1.29, 1.82) is 0 Å². The Labute approximate surface area is 114 Å². The zero-order valence-electron chi connectivity index (χ0n) is 11.7. The molecule has 1 aromatic rings. The smallest absolute Gasteiger partial charge is 0.133 e. The van der Waals surface area contributed by atoms with Crippen molar-refractivity contribution in [1.82, 2.24) is 9.97 Å². The molecule has 0 unspecified atom stereocenters. The van der Waals surface area contributed by atoms with Crippen molar-refractivity contribution in [3.05, 3.63) is 11.9 Å². The van der Waals surface area contributed by atoms with Gasteiger partial charge in [0.2, 0.25) is 0 Å². The molecular formula is C13H24N4O2. The maximum absolute atomic E-state index is 9.09. The highest BCUT2D eigenvalue weighted by molar-refractivity contribution is 5.48. The van der Waals surface area contributed by atoms with Gasteiger partial charge in [-0.05, 0) is 12.8 Å². The van der Waals surface area contributed by atoms with Crippen LogP contribution in [-0.4, -0.2) is 46.0 Å². The van der Waals surface area contributed by atoms with E-state index in [4.69, 9.17) is 10.2 Å². The van der Waals surface area contributed by atoms with E-state index in [1.165, 1.54) is 0 Å². The van der Waals surface area contributed by atoms with Crippen LogP contribution in [0.3, 0.4) is 0 Å². The summed E-state index contributed by atoms with van der Waals surface area (Å²) in [5.41, 5.74) is 0. The fraction of sp³-hybridized carbons (Fsp3) is 0.692. The van der Waals surface area contributed by atoms with E-state index in [-0.39, 0.29) is 13.2 Å². The lowest BCUT2D eigenvalue weighted by Gasteiger charge is -2.15. The molecule has 0 fully saturated rings. The molecule has 4 N–H and O–H groups in total. The average Bonchev–Trinajstić information content (AvgIpc) is 2.42. The third-order valence-electron chi connectivity index (χ3n) is 2.59. The van der Waals surface area contributed by atoms with Gasteiger partial charge in [0.25, 0.3) is 0 Å². The number of nitrogens with one attached hydrogen (secondary N) is 2. The van der Waals surface area contributed by atoms with Gasteiger partial charge < -0.3 is 20.8 Å². The Morgan fingerprint density at radius 3 is 2.37 bits per heavy atom. The highest BCUT2D eigenvalue weighted by Crippen LogP contribution is 2.13. The maximum atomic E-state index is 9.09. The lowest BCUT2D eigenvalue weighted by molar-refractivity contribution is 0.203. The first-order chi connectivity index (χ1) is 9.23. The molecule has 0 saturated carbocycles. The number of aliphatic hydroxyl groups is 2. The second kappa shape index (κ2) is 8.66. The van der Waals surface area contributed by atoms with Gasteiger partial charge in [-0.15, -0.1) is 0 Å². The summed E-state index contributed by atoms with van der Waals surface area (Å²) in [4.78, 5) is 8.81. The molecular weight excluding hydrogens is 244 g/mol. The quantitative estimate of drug-likeness (QED) is 0.534. The Kier molecular flexibility index (Phi) is 7.14. The van der Waals surface area contributed by atoms with E-state index < -0.39 is 6.04 Å². The van der Waals surface area contributed by atoms with Crippen molar-refractivity contribution in [2.24, 2.45) is 0 Å². The Morgan fingerprint density at radius 1 is 1.11 bits per heavy atom. The van der Waals surface area contributed by atoms with Gasteiger partial charge in [-0.1, -0.05) is 13.8 Å². The number of aromatic nitrogens is 2. The molecule has 1 rings (SSSR count). The molecule has 0 saturated heterocycles. The van der Waals surface area contributed by atoms with Crippen LogP contribution >= 0.6 is 0 Å². The second-order valence-electron chi connectivity index (χ2n) is 4.44. The standard InChI is InChI=1S/C13H24N4O2/c1-3-5-11-16-12(14-6-4-2)7-13(17-11)15-10(8-18)9-19/h7,10,18-19H,3-6,8-9H2,1-2H3,(H2,14,15,16,17). The first-order valence-corrected chi connectivity index (χ1v) is 6.83. The van der Waals surface area contributed by atoms with Crippen LogP contribution in [0.2, 0.25) is 0 Å². The first-order valence-electron chi connectivity index (χ1n) is 6.83. The first kappa shape index (κ1) is 15.7. The fourth-order valence-corrected chi connectivity index (χ4v) is 1.61. The molecule has 0 amide bonds. The van der Waals surface area contributed by atoms with Crippen LogP contribution in [0, 0.1) is 0 Å². The van der Waals surface area contributed by atoms with Gasteiger partial charge in [0.15, 0.2) is 0 Å². The zero-order chi connectivity index (χ0) is 14.1. The predicted molar refractivity (Wildman–Crippen MR) is 76.4 cm³/mol. The molecule has 0 aromatic carbocycles. The van der Waals surface area contributed by atoms with E-state index in [0.29, 0.717) is 5.82 Å². The minimum atomic E-state index is -0.400. The van der Waals surface area contributed by atoms with Crippen LogP contribution in [0.4, 0.5) is 11.6 Å². The van der Waals surface area contributed by atoms with E-state index in [1.54, 1.807) is 6.07 Å². The topological polar surface area (TPSA) is 90.3 Å². The van der Waals surface area contributed by atoms with Crippen molar-refractivity contribution in [2.45, 2.75) is 39.2 Å². The van der Waals surface area contributed by atoms with Crippen molar-refractivity contribution in [2.75, 3.05) is 30.4 Å². The number of nitrogens with zero attached hydrogens (tertiary/aromatic N) is 2. The SMILES string of the molecule is CCCNc1cc(NC(CO)CO)nc(CCC)n1. The van der Waals surface area contributed by atoms with Gasteiger partial charge in [-0.2, -0.15) is 0 Å². The average molecular weight is 268 g/mol. The molecule has 1 aromatic heterocycles. The summed E-state index contributed by atoms with van der Waals surface area (Å²) >= 11 is 0. The Bertz CT molecular complexity index is 370. The number of aryl methyl sites for hydroxylation is 1. The number of rotatable bonds is 9. The van der Waals surface area contributed by atoms with Crippen LogP contribution in [0.25, 0.3) is 0 Å². The lowest BCUT2D eigenvalue weighted by atomic mass is 10.3. The van der Waals surface area contributed by atoms with E-state index in [9.17, 15) is 0 Å². The summed E-state index contributed by atoms with van der Waals surface area (Å²) in [7, 11) is 0. The normalized spacial score (nSPS) is 10.8. The molecule has 0 aliphatic rings. The van der Waals surface area contributed by atoms with E-state index in [1.807, 2.05) is 0 Å². The van der Waals surface area contributed by atoms with Crippen molar-refractivity contribution < 1.29 is 10.2 Å². The van der Waals surface area contributed by atoms with Crippen LogP contribution in [0.15, 0.2) is 6.07 Å². The summed E-state index contributed by atoms with van der Waals surface area (Å²) in [6, 6.07) is 1.40. The van der Waals surface area contributed by atoms with Gasteiger partial charge in [-0.3, -0.25) is 0 Å². The van der Waals surface area contributed by atoms with Gasteiger partial charge in [0.1, 0.15) is 17.5 Å². The molecule has 6 nitrogen and oxygen atoms in total. The minimum Gasteiger partial charge on any atom is -0.394 e. The lowest BCUT2D eigenvalue weighted by Crippen LogP contribution is -2.28.